The van der Waals surface area contributed by atoms with Crippen LogP contribution in [0.25, 0.3) is 0 Å². The summed E-state index contributed by atoms with van der Waals surface area (Å²) < 4.78 is 6.27. The molecule has 166 valence electrons. The van der Waals surface area contributed by atoms with Gasteiger partial charge in [0.05, 0.1) is 0 Å². The minimum Gasteiger partial charge on any atom is -0.619 e. The zero-order chi connectivity index (χ0) is 23.0. The number of nitrogens with zero attached hydrogens (tertiary/aromatic N) is 1. The molecule has 0 radical (unpaired) electrons. The molecule has 1 spiro atoms. The Hall–Kier alpha value is -4.00. The first-order valence-corrected chi connectivity index (χ1v) is 10.9. The second-order valence-corrected chi connectivity index (χ2v) is 8.55. The lowest BCUT2D eigenvalue weighted by molar-refractivity contribution is -0.605. The minimum absolute atomic E-state index is 0.0695. The lowest BCUT2D eigenvalue weighted by Crippen LogP contribution is -2.36. The number of hydrogen-bond donors (Lipinski definition) is 1. The molecule has 0 bridgehead atoms. The predicted molar refractivity (Wildman–Crippen MR) is 119 cm³/mol. The van der Waals surface area contributed by atoms with E-state index in [0.29, 0.717) is 52.8 Å². The van der Waals surface area contributed by atoms with Gasteiger partial charge in [0.15, 0.2) is 18.2 Å². The van der Waals surface area contributed by atoms with Crippen LogP contribution in [0.1, 0.15) is 57.5 Å². The number of rotatable bonds is 4. The van der Waals surface area contributed by atoms with E-state index in [-0.39, 0.29) is 17.6 Å². The number of esters is 1. The van der Waals surface area contributed by atoms with Gasteiger partial charge in [-0.25, -0.2) is 4.79 Å². The normalized spacial score (nSPS) is 21.3. The fraction of sp³-hybridized carbons (Fsp3) is 0.231. The molecule has 1 aliphatic heterocycles. The van der Waals surface area contributed by atoms with E-state index in [2.05, 4.69) is 5.32 Å². The van der Waals surface area contributed by atoms with Crippen LogP contribution < -0.4 is 10.0 Å². The summed E-state index contributed by atoms with van der Waals surface area (Å²) in [6.45, 7) is 0. The molecule has 1 aliphatic carbocycles. The molecule has 5 rings (SSSR count). The van der Waals surface area contributed by atoms with Gasteiger partial charge in [-0.1, -0.05) is 30.3 Å². The van der Waals surface area contributed by atoms with E-state index in [1.165, 1.54) is 12.4 Å². The van der Waals surface area contributed by atoms with Gasteiger partial charge in [0.25, 0.3) is 0 Å². The van der Waals surface area contributed by atoms with Crippen molar-refractivity contribution in [1.82, 2.24) is 0 Å². The monoisotopic (exact) mass is 442 g/mol. The molecule has 33 heavy (non-hydrogen) atoms. The number of fused-ring (bicyclic) bond motifs is 2. The number of ether oxygens (including phenoxy) is 1. The number of benzene rings is 2. The van der Waals surface area contributed by atoms with E-state index >= 15 is 0 Å². The van der Waals surface area contributed by atoms with Gasteiger partial charge < -0.3 is 15.3 Å². The third kappa shape index (κ3) is 3.86. The molecule has 1 amide bonds. The van der Waals surface area contributed by atoms with Crippen LogP contribution in [0.3, 0.4) is 0 Å². The lowest BCUT2D eigenvalue weighted by atomic mass is 9.75. The van der Waals surface area contributed by atoms with E-state index in [4.69, 9.17) is 4.74 Å². The van der Waals surface area contributed by atoms with Crippen LogP contribution in [-0.4, -0.2) is 17.7 Å². The molecule has 1 aromatic heterocycles. The summed E-state index contributed by atoms with van der Waals surface area (Å²) in [6.07, 6.45) is 4.80. The molecule has 7 nitrogen and oxygen atoms in total. The van der Waals surface area contributed by atoms with E-state index in [9.17, 15) is 19.6 Å². The Kier molecular flexibility index (Phi) is 5.17. The number of aromatic nitrogens is 1. The summed E-state index contributed by atoms with van der Waals surface area (Å²) >= 11 is 0. The molecule has 0 unspecified atom stereocenters. The van der Waals surface area contributed by atoms with Gasteiger partial charge in [-0.05, 0) is 49.9 Å². The zero-order valence-electron chi connectivity index (χ0n) is 17.8. The molecule has 2 aliphatic rings. The highest BCUT2D eigenvalue weighted by atomic mass is 16.6. The lowest BCUT2D eigenvalue weighted by Gasteiger charge is -2.35. The van der Waals surface area contributed by atoms with Gasteiger partial charge >= 0.3 is 5.97 Å². The van der Waals surface area contributed by atoms with E-state index < -0.39 is 11.6 Å². The van der Waals surface area contributed by atoms with Crippen LogP contribution in [0.4, 0.5) is 5.69 Å². The number of pyridine rings is 1. The van der Waals surface area contributed by atoms with Crippen molar-refractivity contribution in [3.63, 3.8) is 0 Å². The van der Waals surface area contributed by atoms with Gasteiger partial charge in [0.2, 0.25) is 5.91 Å². The van der Waals surface area contributed by atoms with Crippen LogP contribution in [0.2, 0.25) is 0 Å². The maximum atomic E-state index is 12.8. The zero-order valence-corrected chi connectivity index (χ0v) is 17.8. The maximum absolute atomic E-state index is 12.8. The molecule has 3 aromatic rings. The van der Waals surface area contributed by atoms with E-state index in [1.54, 1.807) is 42.5 Å². The highest BCUT2D eigenvalue weighted by Crippen LogP contribution is 2.47. The van der Waals surface area contributed by atoms with Crippen molar-refractivity contribution >= 4 is 23.3 Å². The third-order valence-corrected chi connectivity index (χ3v) is 6.55. The molecule has 1 N–H and O–H groups in total. The maximum Gasteiger partial charge on any atom is 0.345 e. The van der Waals surface area contributed by atoms with Crippen molar-refractivity contribution < 1.29 is 23.9 Å². The minimum atomic E-state index is -0.753. The van der Waals surface area contributed by atoms with E-state index in [1.807, 2.05) is 18.2 Å². The largest absolute Gasteiger partial charge is 0.619 e. The molecule has 0 atom stereocenters. The summed E-state index contributed by atoms with van der Waals surface area (Å²) in [4.78, 5) is 37.6. The first-order valence-electron chi connectivity index (χ1n) is 10.9. The van der Waals surface area contributed by atoms with Gasteiger partial charge in [0.1, 0.15) is 11.2 Å². The van der Waals surface area contributed by atoms with Gasteiger partial charge in [0, 0.05) is 34.4 Å². The Morgan fingerprint density at radius 2 is 1.64 bits per heavy atom. The fourth-order valence-electron chi connectivity index (χ4n) is 4.75. The molecule has 2 heterocycles. The highest BCUT2D eigenvalue weighted by Gasteiger charge is 2.49. The number of nitrogens with one attached hydrogen (secondary N) is 1. The summed E-state index contributed by atoms with van der Waals surface area (Å²) in [5, 5.41) is 14.5. The Morgan fingerprint density at radius 3 is 2.33 bits per heavy atom. The van der Waals surface area contributed by atoms with Crippen LogP contribution in [-0.2, 0) is 15.1 Å². The molecular weight excluding hydrogens is 420 g/mol. The summed E-state index contributed by atoms with van der Waals surface area (Å²) in [6, 6.07) is 17.6. The Morgan fingerprint density at radius 1 is 0.970 bits per heavy atom. The van der Waals surface area contributed by atoms with Gasteiger partial charge in [-0.3, -0.25) is 9.59 Å². The van der Waals surface area contributed by atoms with Crippen molar-refractivity contribution in [2.24, 2.45) is 5.92 Å². The average Bonchev–Trinajstić information content (AvgIpc) is 3.10. The first-order chi connectivity index (χ1) is 15.9. The van der Waals surface area contributed by atoms with Gasteiger partial charge in [-0.15, -0.1) is 0 Å². The highest BCUT2D eigenvalue weighted by molar-refractivity contribution is 6.09. The number of hydrogen-bond acceptors (Lipinski definition) is 5. The molecule has 1 fully saturated rings. The quantitative estimate of drug-likeness (QED) is 0.287. The Bertz CT molecular complexity index is 1230. The Balaban J connectivity index is 1.22. The van der Waals surface area contributed by atoms with Crippen molar-refractivity contribution in [2.45, 2.75) is 31.3 Å². The number of anilines is 1. The number of amides is 1. The molecule has 7 heteroatoms. The van der Waals surface area contributed by atoms with Crippen LogP contribution in [0, 0.1) is 11.1 Å². The average molecular weight is 442 g/mol. The standard InChI is InChI=1S/C26H22N2O5/c29-23(17-4-2-1-3-5-17)18-6-8-20(9-7-18)27-24(30)19-10-13-26(14-11-19)22-12-15-28(32)16-21(22)25(31)33-26/h1-9,12,15-16,19H,10-11,13-14H2,(H,27,30). The summed E-state index contributed by atoms with van der Waals surface area (Å²) in [5.41, 5.74) is 2.08. The van der Waals surface area contributed by atoms with Crippen LogP contribution in [0.15, 0.2) is 73.1 Å². The SMILES string of the molecule is O=C(c1ccccc1)c1ccc(NC(=O)C2CCC3(CC2)OC(=O)c2c[n+]([O-])ccc23)cc1. The van der Waals surface area contributed by atoms with Crippen molar-refractivity contribution in [2.75, 3.05) is 5.32 Å². The molecular formula is C26H22N2O5. The van der Waals surface area contributed by atoms with Gasteiger partial charge in [-0.2, -0.15) is 4.73 Å². The topological polar surface area (TPSA) is 99.4 Å². The molecule has 2 aromatic carbocycles. The van der Waals surface area contributed by atoms with Crippen molar-refractivity contribution in [1.29, 1.82) is 0 Å². The van der Waals surface area contributed by atoms with Crippen LogP contribution in [0.5, 0.6) is 0 Å². The van der Waals surface area contributed by atoms with Crippen LogP contribution >= 0.6 is 0 Å². The van der Waals surface area contributed by atoms with E-state index in [0.717, 1.165) is 5.56 Å². The first kappa shape index (κ1) is 20.9. The second kappa shape index (κ2) is 8.16. The van der Waals surface area contributed by atoms with Crippen molar-refractivity contribution in [3.05, 3.63) is 101 Å². The summed E-state index contributed by atoms with van der Waals surface area (Å²) in [7, 11) is 0. The number of carbonyl (C=O) groups excluding carboxylic acids is 3. The fourth-order valence-corrected chi connectivity index (χ4v) is 4.75. The summed E-state index contributed by atoms with van der Waals surface area (Å²) in [5.74, 6) is -0.859. The third-order valence-electron chi connectivity index (χ3n) is 6.55. The molecule has 1 saturated carbocycles. The molecule has 0 saturated heterocycles. The number of ketones is 1. The number of carbonyl (C=O) groups is 3. The predicted octanol–water partition coefficient (Wildman–Crippen LogP) is 3.75. The smallest absolute Gasteiger partial charge is 0.345 e. The second-order valence-electron chi connectivity index (χ2n) is 8.55. The Labute approximate surface area is 190 Å². The van der Waals surface area contributed by atoms with Crippen molar-refractivity contribution in [3.8, 4) is 0 Å².